The maximum Gasteiger partial charge on any atom is 0.255 e. The summed E-state index contributed by atoms with van der Waals surface area (Å²) in [6.45, 7) is 8.31. The number of hydrogen-bond donors (Lipinski definition) is 2. The number of aromatic nitrogens is 2. The van der Waals surface area contributed by atoms with Gasteiger partial charge in [-0.25, -0.2) is 0 Å². The van der Waals surface area contributed by atoms with Crippen LogP contribution in [-0.2, 0) is 28.1 Å². The molecule has 2 bridgehead atoms. The van der Waals surface area contributed by atoms with E-state index in [0.717, 1.165) is 55.8 Å². The fourth-order valence-electron chi connectivity index (χ4n) is 9.06. The maximum atomic E-state index is 13.1. The highest BCUT2D eigenvalue weighted by Gasteiger charge is 2.43. The second-order valence-corrected chi connectivity index (χ2v) is 14.2. The second kappa shape index (κ2) is 10.4. The van der Waals surface area contributed by atoms with Gasteiger partial charge in [0.1, 0.15) is 6.04 Å². The lowest BCUT2D eigenvalue weighted by Gasteiger charge is -2.46. The Hall–Kier alpha value is -3.00. The molecule has 218 valence electrons. The minimum atomic E-state index is -0.564. The average molecular weight is 558 g/mol. The number of nitrogens with one attached hydrogen (secondary N) is 2. The van der Waals surface area contributed by atoms with Gasteiger partial charge in [-0.05, 0) is 111 Å². The van der Waals surface area contributed by atoms with Crippen molar-refractivity contribution >= 4 is 17.7 Å². The van der Waals surface area contributed by atoms with E-state index in [1.54, 1.807) is 4.90 Å². The molecule has 2 saturated carbocycles. The van der Waals surface area contributed by atoms with Crippen LogP contribution in [0.5, 0.6) is 0 Å². The van der Waals surface area contributed by atoms with Crippen molar-refractivity contribution < 1.29 is 14.4 Å². The quantitative estimate of drug-likeness (QED) is 0.522. The number of likely N-dealkylation sites (tertiary alicyclic amines) is 1. The molecule has 5 atom stereocenters. The molecule has 2 aliphatic carbocycles. The highest BCUT2D eigenvalue weighted by molar-refractivity contribution is 6.05. The molecule has 5 aliphatic rings. The Morgan fingerprint density at radius 2 is 1.76 bits per heavy atom. The van der Waals surface area contributed by atoms with Crippen LogP contribution in [0.25, 0.3) is 0 Å². The van der Waals surface area contributed by atoms with Gasteiger partial charge in [-0.1, -0.05) is 26.0 Å². The fourth-order valence-corrected chi connectivity index (χ4v) is 9.06. The molecule has 8 nitrogen and oxygen atoms in total. The molecule has 8 heteroatoms. The second-order valence-electron chi connectivity index (χ2n) is 14.2. The van der Waals surface area contributed by atoms with Gasteiger partial charge in [0.2, 0.25) is 11.8 Å². The molecule has 2 N–H and O–H groups in total. The molecule has 4 unspecified atom stereocenters. The van der Waals surface area contributed by atoms with Gasteiger partial charge in [-0.2, -0.15) is 5.10 Å². The lowest BCUT2D eigenvalue weighted by Crippen LogP contribution is -2.52. The third kappa shape index (κ3) is 5.13. The first kappa shape index (κ1) is 26.9. The van der Waals surface area contributed by atoms with E-state index in [1.165, 1.54) is 49.1 Å². The summed E-state index contributed by atoms with van der Waals surface area (Å²) >= 11 is 0. The number of amides is 3. The lowest BCUT2D eigenvalue weighted by molar-refractivity contribution is -0.136. The standard InChI is InChI=1S/C33H43N5O3/c1-20-11-21-13-22(12-20)17-33(2,16-21)29-15-26(35-36-29)19-37-9-7-23(8-10-37)24-3-4-27-25(14-24)18-38(32(27)41)28-5-6-30(39)34-31(28)40/h3-4,14-15,20-23,28H,5-13,16-19H2,1-2H3,(H,35,36)(H,34,39,40)/t20?,21-,22?,28?,33?/m1/s1. The van der Waals surface area contributed by atoms with Gasteiger partial charge in [-0.3, -0.25) is 29.7 Å². The SMILES string of the molecule is CC1CC2C[C@@H](C1)CC(C)(c1cc(CN3CCC(c4ccc5c(c4)CN(C4CCC(=O)NC4=O)C5=O)CC3)[nH]n1)C2. The van der Waals surface area contributed by atoms with E-state index in [2.05, 4.69) is 47.4 Å². The summed E-state index contributed by atoms with van der Waals surface area (Å²) in [5.74, 6) is 2.36. The molecule has 0 spiro atoms. The van der Waals surface area contributed by atoms with Crippen molar-refractivity contribution in [3.05, 3.63) is 52.3 Å². The van der Waals surface area contributed by atoms with Gasteiger partial charge in [-0.15, -0.1) is 0 Å². The minimum absolute atomic E-state index is 0.102. The van der Waals surface area contributed by atoms with Gasteiger partial charge < -0.3 is 4.90 Å². The van der Waals surface area contributed by atoms with E-state index in [0.29, 0.717) is 24.4 Å². The topological polar surface area (TPSA) is 98.4 Å². The van der Waals surface area contributed by atoms with Crippen LogP contribution < -0.4 is 5.32 Å². The molecule has 3 aliphatic heterocycles. The Bertz CT molecular complexity index is 1340. The summed E-state index contributed by atoms with van der Waals surface area (Å²) in [5, 5.41) is 10.6. The van der Waals surface area contributed by atoms with Crippen LogP contribution in [0, 0.1) is 17.8 Å². The van der Waals surface area contributed by atoms with Crippen molar-refractivity contribution in [2.24, 2.45) is 17.8 Å². The summed E-state index contributed by atoms with van der Waals surface area (Å²) in [4.78, 5) is 41.2. The van der Waals surface area contributed by atoms with E-state index < -0.39 is 6.04 Å². The van der Waals surface area contributed by atoms with Crippen molar-refractivity contribution in [2.75, 3.05) is 13.1 Å². The monoisotopic (exact) mass is 557 g/mol. The average Bonchev–Trinajstić information content (AvgIpc) is 3.53. The predicted octanol–water partition coefficient (Wildman–Crippen LogP) is 4.65. The van der Waals surface area contributed by atoms with Crippen LogP contribution >= 0.6 is 0 Å². The molecule has 2 saturated heterocycles. The van der Waals surface area contributed by atoms with Gasteiger partial charge in [0.05, 0.1) is 5.69 Å². The van der Waals surface area contributed by atoms with Crippen LogP contribution in [0.1, 0.15) is 110 Å². The number of imide groups is 1. The molecule has 4 heterocycles. The van der Waals surface area contributed by atoms with Crippen LogP contribution in [0.2, 0.25) is 0 Å². The number of carbonyl (C=O) groups is 3. The van der Waals surface area contributed by atoms with Gasteiger partial charge >= 0.3 is 0 Å². The van der Waals surface area contributed by atoms with E-state index in [-0.39, 0.29) is 29.6 Å². The summed E-state index contributed by atoms with van der Waals surface area (Å²) in [6, 6.07) is 8.01. The number of aromatic amines is 1. The zero-order chi connectivity index (χ0) is 28.3. The van der Waals surface area contributed by atoms with Crippen LogP contribution in [0.3, 0.4) is 0 Å². The van der Waals surface area contributed by atoms with E-state index in [9.17, 15) is 14.4 Å². The molecule has 2 aromatic rings. The van der Waals surface area contributed by atoms with E-state index >= 15 is 0 Å². The minimum Gasteiger partial charge on any atom is -0.322 e. The summed E-state index contributed by atoms with van der Waals surface area (Å²) in [7, 11) is 0. The smallest absolute Gasteiger partial charge is 0.255 e. The molecule has 0 radical (unpaired) electrons. The molecule has 7 rings (SSSR count). The summed E-state index contributed by atoms with van der Waals surface area (Å²) in [6.07, 6.45) is 9.60. The Morgan fingerprint density at radius 1 is 1.00 bits per heavy atom. The Balaban J connectivity index is 0.951. The first-order chi connectivity index (χ1) is 19.7. The Kier molecular flexibility index (Phi) is 6.80. The summed E-state index contributed by atoms with van der Waals surface area (Å²) in [5.41, 5.74) is 5.68. The van der Waals surface area contributed by atoms with Crippen molar-refractivity contribution in [3.8, 4) is 0 Å². The van der Waals surface area contributed by atoms with Gasteiger partial charge in [0.15, 0.2) is 0 Å². The third-order valence-electron chi connectivity index (χ3n) is 10.9. The predicted molar refractivity (Wildman–Crippen MR) is 155 cm³/mol. The normalized spacial score (nSPS) is 32.7. The largest absolute Gasteiger partial charge is 0.322 e. The number of H-pyrrole nitrogens is 1. The molecular formula is C33H43N5O3. The zero-order valence-electron chi connectivity index (χ0n) is 24.5. The van der Waals surface area contributed by atoms with Crippen molar-refractivity contribution in [1.29, 1.82) is 0 Å². The zero-order valence-corrected chi connectivity index (χ0v) is 24.5. The highest BCUT2D eigenvalue weighted by atomic mass is 16.2. The lowest BCUT2D eigenvalue weighted by atomic mass is 9.58. The van der Waals surface area contributed by atoms with Crippen molar-refractivity contribution in [1.82, 2.24) is 25.3 Å². The van der Waals surface area contributed by atoms with Crippen LogP contribution in [0.4, 0.5) is 0 Å². The van der Waals surface area contributed by atoms with Crippen molar-refractivity contribution in [2.45, 2.75) is 102 Å². The number of hydrogen-bond acceptors (Lipinski definition) is 5. The number of carbonyl (C=O) groups excluding carboxylic acids is 3. The van der Waals surface area contributed by atoms with E-state index in [4.69, 9.17) is 5.10 Å². The van der Waals surface area contributed by atoms with Crippen molar-refractivity contribution in [3.63, 3.8) is 0 Å². The van der Waals surface area contributed by atoms with E-state index in [1.807, 2.05) is 6.07 Å². The first-order valence-electron chi connectivity index (χ1n) is 15.8. The number of fused-ring (bicyclic) bond motifs is 3. The van der Waals surface area contributed by atoms with Gasteiger partial charge in [0.25, 0.3) is 5.91 Å². The molecular weight excluding hydrogens is 514 g/mol. The maximum absolute atomic E-state index is 13.1. The summed E-state index contributed by atoms with van der Waals surface area (Å²) < 4.78 is 0. The fraction of sp³-hybridized carbons (Fsp3) is 0.636. The first-order valence-corrected chi connectivity index (χ1v) is 15.8. The number of piperidine rings is 2. The number of rotatable bonds is 5. The number of nitrogens with zero attached hydrogens (tertiary/aromatic N) is 3. The molecule has 1 aromatic heterocycles. The highest BCUT2D eigenvalue weighted by Crippen LogP contribution is 2.51. The molecule has 1 aromatic carbocycles. The molecule has 3 amide bonds. The Morgan fingerprint density at radius 3 is 2.49 bits per heavy atom. The Labute approximate surface area is 242 Å². The third-order valence-corrected chi connectivity index (χ3v) is 10.9. The molecule has 4 fully saturated rings. The molecule has 41 heavy (non-hydrogen) atoms. The van der Waals surface area contributed by atoms with Gasteiger partial charge in [0, 0.05) is 36.2 Å². The van der Waals surface area contributed by atoms with Crippen LogP contribution in [0.15, 0.2) is 24.3 Å². The number of benzene rings is 1. The van der Waals surface area contributed by atoms with Crippen LogP contribution in [-0.4, -0.2) is 56.9 Å².